The maximum absolute atomic E-state index is 11.6. The van der Waals surface area contributed by atoms with Crippen molar-refractivity contribution in [2.24, 2.45) is 5.73 Å². The van der Waals surface area contributed by atoms with Gasteiger partial charge in [-0.2, -0.15) is 5.26 Å². The lowest BCUT2D eigenvalue weighted by molar-refractivity contribution is -0.116. The molecule has 1 atom stereocenters. The molecular weight excluding hydrogens is 242 g/mol. The Bertz CT molecular complexity index is 452. The molecule has 0 radical (unpaired) electrons. The Morgan fingerprint density at radius 3 is 3.05 bits per heavy atom. The number of nitrogens with zero attached hydrogens (tertiary/aromatic N) is 1. The number of rotatable bonds is 7. The van der Waals surface area contributed by atoms with Crippen LogP contribution in [0, 0.1) is 11.3 Å². The zero-order valence-electron chi connectivity index (χ0n) is 11.1. The summed E-state index contributed by atoms with van der Waals surface area (Å²) in [5, 5.41) is 11.2. The second kappa shape index (κ2) is 8.11. The fourth-order valence-electron chi connectivity index (χ4n) is 1.51. The number of nitrogens with two attached hydrogens (primary N) is 1. The number of carbonyl (C=O) groups excluding carboxylic acids is 1. The molecule has 0 spiro atoms. The van der Waals surface area contributed by atoms with E-state index in [0.29, 0.717) is 30.9 Å². The number of hydrogen-bond acceptors (Lipinski definition) is 4. The first kappa shape index (κ1) is 15.0. The third-order valence-electron chi connectivity index (χ3n) is 2.33. The van der Waals surface area contributed by atoms with Crippen molar-refractivity contribution in [1.82, 2.24) is 0 Å². The summed E-state index contributed by atoms with van der Waals surface area (Å²) in [7, 11) is 0. The van der Waals surface area contributed by atoms with E-state index in [0.717, 1.165) is 0 Å². The Morgan fingerprint density at radius 2 is 2.37 bits per heavy atom. The van der Waals surface area contributed by atoms with Gasteiger partial charge in [0, 0.05) is 30.6 Å². The van der Waals surface area contributed by atoms with Crippen molar-refractivity contribution in [2.45, 2.75) is 32.2 Å². The predicted octanol–water partition coefficient (Wildman–Crippen LogP) is 2.04. The SMILES string of the molecule is CC(N)CC(=O)Nc1cccc(OCCCC#N)c1. The first-order valence-electron chi connectivity index (χ1n) is 6.27. The van der Waals surface area contributed by atoms with Crippen LogP contribution in [0.3, 0.4) is 0 Å². The van der Waals surface area contributed by atoms with Crippen LogP contribution in [0.15, 0.2) is 24.3 Å². The molecule has 1 aromatic rings. The Morgan fingerprint density at radius 1 is 1.58 bits per heavy atom. The quantitative estimate of drug-likeness (QED) is 0.735. The fourth-order valence-corrected chi connectivity index (χ4v) is 1.51. The minimum atomic E-state index is -0.162. The summed E-state index contributed by atoms with van der Waals surface area (Å²) in [6, 6.07) is 9.07. The summed E-state index contributed by atoms with van der Waals surface area (Å²) in [6.45, 7) is 2.28. The molecule has 0 saturated heterocycles. The highest BCUT2D eigenvalue weighted by Crippen LogP contribution is 2.17. The summed E-state index contributed by atoms with van der Waals surface area (Å²) in [5.41, 5.74) is 6.24. The Hall–Kier alpha value is -2.06. The molecule has 1 rings (SSSR count). The first-order chi connectivity index (χ1) is 9.11. The van der Waals surface area contributed by atoms with E-state index in [-0.39, 0.29) is 18.4 Å². The lowest BCUT2D eigenvalue weighted by atomic mass is 10.2. The first-order valence-corrected chi connectivity index (χ1v) is 6.27. The second-order valence-electron chi connectivity index (χ2n) is 4.37. The summed E-state index contributed by atoms with van der Waals surface area (Å²) < 4.78 is 5.48. The average Bonchev–Trinajstić information content (AvgIpc) is 2.34. The molecule has 0 aliphatic heterocycles. The topological polar surface area (TPSA) is 88.1 Å². The highest BCUT2D eigenvalue weighted by Gasteiger charge is 2.06. The number of nitrogens with one attached hydrogen (secondary N) is 1. The van der Waals surface area contributed by atoms with Crippen molar-refractivity contribution in [3.05, 3.63) is 24.3 Å². The van der Waals surface area contributed by atoms with Gasteiger partial charge in [0.1, 0.15) is 5.75 Å². The Labute approximate surface area is 113 Å². The molecule has 1 aromatic carbocycles. The van der Waals surface area contributed by atoms with E-state index in [9.17, 15) is 4.79 Å². The van der Waals surface area contributed by atoms with Crippen LogP contribution in [0.2, 0.25) is 0 Å². The van der Waals surface area contributed by atoms with Crippen LogP contribution in [0.25, 0.3) is 0 Å². The van der Waals surface area contributed by atoms with E-state index < -0.39 is 0 Å². The van der Waals surface area contributed by atoms with E-state index in [1.165, 1.54) is 0 Å². The maximum atomic E-state index is 11.6. The van der Waals surface area contributed by atoms with Gasteiger partial charge >= 0.3 is 0 Å². The molecule has 1 amide bonds. The van der Waals surface area contributed by atoms with Crippen LogP contribution in [0.5, 0.6) is 5.75 Å². The summed E-state index contributed by atoms with van der Waals surface area (Å²) >= 11 is 0. The molecule has 0 heterocycles. The molecule has 0 fully saturated rings. The van der Waals surface area contributed by atoms with Gasteiger partial charge in [-0.3, -0.25) is 4.79 Å². The van der Waals surface area contributed by atoms with Gasteiger partial charge in [0.2, 0.25) is 5.91 Å². The number of benzene rings is 1. The van der Waals surface area contributed by atoms with Gasteiger partial charge in [-0.1, -0.05) is 6.07 Å². The van der Waals surface area contributed by atoms with Crippen molar-refractivity contribution in [2.75, 3.05) is 11.9 Å². The lowest BCUT2D eigenvalue weighted by Crippen LogP contribution is -2.23. The molecule has 0 aliphatic carbocycles. The average molecular weight is 261 g/mol. The van der Waals surface area contributed by atoms with Crippen LogP contribution >= 0.6 is 0 Å². The number of carbonyl (C=O) groups is 1. The minimum absolute atomic E-state index is 0.114. The van der Waals surface area contributed by atoms with Crippen LogP contribution in [-0.4, -0.2) is 18.6 Å². The molecule has 5 heteroatoms. The number of hydrogen-bond donors (Lipinski definition) is 2. The van der Waals surface area contributed by atoms with Crippen molar-refractivity contribution in [1.29, 1.82) is 5.26 Å². The number of anilines is 1. The zero-order chi connectivity index (χ0) is 14.1. The van der Waals surface area contributed by atoms with Gasteiger partial charge in [0.25, 0.3) is 0 Å². The third-order valence-corrected chi connectivity index (χ3v) is 2.33. The Balaban J connectivity index is 2.47. The molecule has 5 nitrogen and oxygen atoms in total. The summed E-state index contributed by atoms with van der Waals surface area (Å²) in [4.78, 5) is 11.6. The number of nitriles is 1. The maximum Gasteiger partial charge on any atom is 0.225 e. The number of amides is 1. The Kier molecular flexibility index (Phi) is 6.41. The molecular formula is C14H19N3O2. The van der Waals surface area contributed by atoms with Gasteiger partial charge in [0.15, 0.2) is 0 Å². The van der Waals surface area contributed by atoms with Crippen molar-refractivity contribution < 1.29 is 9.53 Å². The highest BCUT2D eigenvalue weighted by atomic mass is 16.5. The van der Waals surface area contributed by atoms with Crippen LogP contribution in [-0.2, 0) is 4.79 Å². The largest absolute Gasteiger partial charge is 0.493 e. The standard InChI is InChI=1S/C14H19N3O2/c1-11(16)9-14(18)17-12-5-4-6-13(10-12)19-8-3-2-7-15/h4-6,10-11H,2-3,8-9,16H2,1H3,(H,17,18). The predicted molar refractivity (Wildman–Crippen MR) is 73.7 cm³/mol. The van der Waals surface area contributed by atoms with Gasteiger partial charge in [-0.25, -0.2) is 0 Å². The lowest BCUT2D eigenvalue weighted by Gasteiger charge is -2.09. The van der Waals surface area contributed by atoms with Gasteiger partial charge in [-0.05, 0) is 25.5 Å². The van der Waals surface area contributed by atoms with Crippen molar-refractivity contribution in [3.8, 4) is 11.8 Å². The molecule has 19 heavy (non-hydrogen) atoms. The smallest absolute Gasteiger partial charge is 0.225 e. The fraction of sp³-hybridized carbons (Fsp3) is 0.429. The normalized spacial score (nSPS) is 11.4. The van der Waals surface area contributed by atoms with Crippen LogP contribution < -0.4 is 15.8 Å². The molecule has 0 aliphatic rings. The van der Waals surface area contributed by atoms with Crippen molar-refractivity contribution >= 4 is 11.6 Å². The number of ether oxygens (including phenoxy) is 1. The molecule has 0 aromatic heterocycles. The molecule has 1 unspecified atom stereocenters. The van der Waals surface area contributed by atoms with Crippen LogP contribution in [0.1, 0.15) is 26.2 Å². The second-order valence-corrected chi connectivity index (χ2v) is 4.37. The van der Waals surface area contributed by atoms with Gasteiger partial charge in [-0.15, -0.1) is 0 Å². The van der Waals surface area contributed by atoms with Crippen LogP contribution in [0.4, 0.5) is 5.69 Å². The van der Waals surface area contributed by atoms with E-state index in [1.54, 1.807) is 25.1 Å². The van der Waals surface area contributed by atoms with E-state index in [4.69, 9.17) is 15.7 Å². The summed E-state index contributed by atoms with van der Waals surface area (Å²) in [6.07, 6.45) is 1.45. The van der Waals surface area contributed by atoms with E-state index >= 15 is 0 Å². The zero-order valence-corrected chi connectivity index (χ0v) is 11.1. The molecule has 102 valence electrons. The molecule has 0 bridgehead atoms. The summed E-state index contributed by atoms with van der Waals surface area (Å²) in [5.74, 6) is 0.563. The highest BCUT2D eigenvalue weighted by molar-refractivity contribution is 5.91. The monoisotopic (exact) mass is 261 g/mol. The van der Waals surface area contributed by atoms with Crippen molar-refractivity contribution in [3.63, 3.8) is 0 Å². The minimum Gasteiger partial charge on any atom is -0.493 e. The van der Waals surface area contributed by atoms with E-state index in [1.807, 2.05) is 6.07 Å². The van der Waals surface area contributed by atoms with Gasteiger partial charge < -0.3 is 15.8 Å². The number of unbranched alkanes of at least 4 members (excludes halogenated alkanes) is 1. The van der Waals surface area contributed by atoms with Gasteiger partial charge in [0.05, 0.1) is 12.7 Å². The molecule has 3 N–H and O–H groups in total. The van der Waals surface area contributed by atoms with E-state index in [2.05, 4.69) is 11.4 Å². The molecule has 0 saturated carbocycles. The third kappa shape index (κ3) is 6.43.